The van der Waals surface area contributed by atoms with Crippen LogP contribution in [-0.2, 0) is 11.4 Å². The first-order chi connectivity index (χ1) is 16.0. The van der Waals surface area contributed by atoms with Crippen molar-refractivity contribution in [2.24, 2.45) is 5.10 Å². The Bertz CT molecular complexity index is 1230. The lowest BCUT2D eigenvalue weighted by atomic mass is 10.1. The summed E-state index contributed by atoms with van der Waals surface area (Å²) in [6.07, 6.45) is 1.82. The maximum absolute atomic E-state index is 13.1. The summed E-state index contributed by atoms with van der Waals surface area (Å²) in [5, 5.41) is 5.88. The average molecular weight is 570 g/mol. The van der Waals surface area contributed by atoms with E-state index in [2.05, 4.69) is 37.0 Å². The Morgan fingerprint density at radius 1 is 0.970 bits per heavy atom. The molecule has 0 aromatic heterocycles. The summed E-state index contributed by atoms with van der Waals surface area (Å²) >= 11 is 7.30. The van der Waals surface area contributed by atoms with Gasteiger partial charge in [0.2, 0.25) is 0 Å². The van der Waals surface area contributed by atoms with Crippen molar-refractivity contribution in [3.63, 3.8) is 0 Å². The number of nitrogens with zero attached hydrogens (tertiary/aromatic N) is 2. The molecule has 0 radical (unpaired) electrons. The first kappa shape index (κ1) is 23.3. The number of anilines is 1. The predicted octanol–water partition coefficient (Wildman–Crippen LogP) is 7.00. The lowest BCUT2D eigenvalue weighted by molar-refractivity contribution is -0.114. The van der Waals surface area contributed by atoms with Gasteiger partial charge in [-0.3, -0.25) is 4.79 Å². The molecule has 1 heterocycles. The van der Waals surface area contributed by atoms with Crippen LogP contribution in [0.4, 0.5) is 5.69 Å². The van der Waals surface area contributed by atoms with Crippen molar-refractivity contribution in [2.45, 2.75) is 20.5 Å². The monoisotopic (exact) mass is 568 g/mol. The minimum Gasteiger partial charge on any atom is -0.490 e. The number of carbonyl (C=O) groups excluding carboxylic acids is 1. The summed E-state index contributed by atoms with van der Waals surface area (Å²) in [4.78, 5) is 13.1. The summed E-state index contributed by atoms with van der Waals surface area (Å²) in [5.74, 6) is 1.02. The Kier molecular flexibility index (Phi) is 7.30. The Labute approximate surface area is 210 Å². The van der Waals surface area contributed by atoms with Gasteiger partial charge in [-0.25, -0.2) is 0 Å². The van der Waals surface area contributed by atoms with Crippen LogP contribution in [0.15, 0.2) is 86.3 Å². The number of para-hydroxylation sites is 1. The van der Waals surface area contributed by atoms with Crippen LogP contribution in [0.3, 0.4) is 0 Å². The van der Waals surface area contributed by atoms with Crippen LogP contribution in [0.25, 0.3) is 6.08 Å². The second kappa shape index (κ2) is 10.4. The molecule has 0 atom stereocenters. The van der Waals surface area contributed by atoms with Gasteiger partial charge >= 0.3 is 0 Å². The maximum atomic E-state index is 13.1. The highest BCUT2D eigenvalue weighted by Gasteiger charge is 2.29. The number of carbonyl (C=O) groups is 1. The number of rotatable bonds is 7. The van der Waals surface area contributed by atoms with Crippen molar-refractivity contribution >= 4 is 55.2 Å². The molecule has 5 nitrogen and oxygen atoms in total. The van der Waals surface area contributed by atoms with Gasteiger partial charge in [0.05, 0.1) is 28.1 Å². The summed E-state index contributed by atoms with van der Waals surface area (Å²) in [5.41, 5.74) is 3.73. The van der Waals surface area contributed by atoms with Crippen molar-refractivity contribution < 1.29 is 14.3 Å². The molecule has 168 valence electrons. The molecular formula is C26H22Br2N2O3. The van der Waals surface area contributed by atoms with Crippen LogP contribution < -0.4 is 14.5 Å². The zero-order valence-electron chi connectivity index (χ0n) is 18.2. The third-order valence-electron chi connectivity index (χ3n) is 5.04. The van der Waals surface area contributed by atoms with Gasteiger partial charge in [0.15, 0.2) is 11.5 Å². The molecule has 0 unspecified atom stereocenters. The first-order valence-electron chi connectivity index (χ1n) is 10.5. The van der Waals surface area contributed by atoms with Crippen LogP contribution in [0.2, 0.25) is 0 Å². The summed E-state index contributed by atoms with van der Waals surface area (Å²) in [6.45, 7) is 4.64. The molecule has 0 aliphatic carbocycles. The normalized spacial score (nSPS) is 14.5. The molecule has 0 saturated carbocycles. The number of hydrogen-bond acceptors (Lipinski definition) is 4. The van der Waals surface area contributed by atoms with Gasteiger partial charge in [-0.2, -0.15) is 10.1 Å². The van der Waals surface area contributed by atoms with Crippen molar-refractivity contribution in [3.8, 4) is 11.5 Å². The molecule has 33 heavy (non-hydrogen) atoms. The number of hydrazone groups is 1. The SMILES string of the molecule is CCOc1cc(/C=C2\C(=O)N(c3ccccc3)N=C2C)c(Br)c(Br)c1OCc1ccccc1. The molecule has 0 spiro atoms. The van der Waals surface area contributed by atoms with Crippen LogP contribution in [-0.4, -0.2) is 18.2 Å². The van der Waals surface area contributed by atoms with E-state index in [1.807, 2.05) is 86.7 Å². The lowest BCUT2D eigenvalue weighted by Crippen LogP contribution is -2.21. The molecule has 0 saturated heterocycles. The third-order valence-corrected chi connectivity index (χ3v) is 7.19. The fourth-order valence-corrected chi connectivity index (χ4v) is 4.37. The van der Waals surface area contributed by atoms with Crippen molar-refractivity contribution in [1.82, 2.24) is 0 Å². The molecule has 1 aliphatic heterocycles. The van der Waals surface area contributed by atoms with Crippen LogP contribution in [0.5, 0.6) is 11.5 Å². The fraction of sp³-hybridized carbons (Fsp3) is 0.154. The number of hydrogen-bond donors (Lipinski definition) is 0. The van der Waals surface area contributed by atoms with E-state index in [9.17, 15) is 4.79 Å². The van der Waals surface area contributed by atoms with E-state index < -0.39 is 0 Å². The molecule has 3 aromatic carbocycles. The van der Waals surface area contributed by atoms with Gasteiger partial charge in [-0.1, -0.05) is 48.5 Å². The molecular weight excluding hydrogens is 548 g/mol. The number of benzene rings is 3. The van der Waals surface area contributed by atoms with E-state index in [0.717, 1.165) is 25.8 Å². The Hall–Kier alpha value is -2.90. The summed E-state index contributed by atoms with van der Waals surface area (Å²) in [7, 11) is 0. The second-order valence-corrected chi connectivity index (χ2v) is 8.91. The van der Waals surface area contributed by atoms with Crippen LogP contribution in [0.1, 0.15) is 25.0 Å². The van der Waals surface area contributed by atoms with E-state index in [0.29, 0.717) is 36.0 Å². The minimum atomic E-state index is -0.177. The number of halogens is 2. The molecule has 1 aliphatic rings. The molecule has 7 heteroatoms. The molecule has 3 aromatic rings. The smallest absolute Gasteiger partial charge is 0.280 e. The third kappa shape index (κ3) is 5.04. The average Bonchev–Trinajstić information content (AvgIpc) is 3.11. The number of amides is 1. The topological polar surface area (TPSA) is 51.1 Å². The van der Waals surface area contributed by atoms with Crippen molar-refractivity contribution in [3.05, 3.63) is 92.4 Å². The highest BCUT2D eigenvalue weighted by atomic mass is 79.9. The maximum Gasteiger partial charge on any atom is 0.280 e. The molecule has 1 amide bonds. The Morgan fingerprint density at radius 2 is 1.64 bits per heavy atom. The predicted molar refractivity (Wildman–Crippen MR) is 139 cm³/mol. The second-order valence-electron chi connectivity index (χ2n) is 7.32. The lowest BCUT2D eigenvalue weighted by Gasteiger charge is -2.17. The highest BCUT2D eigenvalue weighted by molar-refractivity contribution is 9.13. The van der Waals surface area contributed by atoms with Gasteiger partial charge < -0.3 is 9.47 Å². The first-order valence-corrected chi connectivity index (χ1v) is 12.1. The minimum absolute atomic E-state index is 0.177. The standard InChI is InChI=1S/C26H22Br2N2O3/c1-3-32-22-15-19(23(27)24(28)25(22)33-16-18-10-6-4-7-11-18)14-21-17(2)29-30(26(21)31)20-12-8-5-9-13-20/h4-15H,3,16H2,1-2H3/b21-14-. The molecule has 4 rings (SSSR count). The number of ether oxygens (including phenoxy) is 2. The highest BCUT2D eigenvalue weighted by Crippen LogP contribution is 2.44. The molecule has 0 N–H and O–H groups in total. The molecule has 0 fully saturated rings. The van der Waals surface area contributed by atoms with E-state index in [-0.39, 0.29) is 5.91 Å². The Balaban J connectivity index is 1.67. The summed E-state index contributed by atoms with van der Waals surface area (Å²) in [6, 6.07) is 21.2. The fourth-order valence-electron chi connectivity index (χ4n) is 3.42. The van der Waals surface area contributed by atoms with Gasteiger partial charge in [0, 0.05) is 4.47 Å². The zero-order valence-corrected chi connectivity index (χ0v) is 21.4. The van der Waals surface area contributed by atoms with Crippen LogP contribution >= 0.6 is 31.9 Å². The van der Waals surface area contributed by atoms with E-state index in [1.165, 1.54) is 5.01 Å². The van der Waals surface area contributed by atoms with Gasteiger partial charge in [0.1, 0.15) is 6.61 Å². The van der Waals surface area contributed by atoms with E-state index in [4.69, 9.17) is 9.47 Å². The summed E-state index contributed by atoms with van der Waals surface area (Å²) < 4.78 is 13.5. The van der Waals surface area contributed by atoms with Gasteiger partial charge in [-0.15, -0.1) is 0 Å². The Morgan fingerprint density at radius 3 is 2.30 bits per heavy atom. The van der Waals surface area contributed by atoms with Crippen molar-refractivity contribution in [1.29, 1.82) is 0 Å². The van der Waals surface area contributed by atoms with Crippen molar-refractivity contribution in [2.75, 3.05) is 11.6 Å². The zero-order chi connectivity index (χ0) is 23.4. The van der Waals surface area contributed by atoms with Gasteiger partial charge in [-0.05, 0) is 81.1 Å². The largest absolute Gasteiger partial charge is 0.490 e. The molecule has 0 bridgehead atoms. The van der Waals surface area contributed by atoms with Crippen LogP contribution in [0, 0.1) is 0 Å². The van der Waals surface area contributed by atoms with E-state index >= 15 is 0 Å². The van der Waals surface area contributed by atoms with Gasteiger partial charge in [0.25, 0.3) is 5.91 Å². The quantitative estimate of drug-likeness (QED) is 0.288. The van der Waals surface area contributed by atoms with E-state index in [1.54, 1.807) is 0 Å².